The minimum absolute atomic E-state index is 0.365. The fourth-order valence-corrected chi connectivity index (χ4v) is 1.69. The molecule has 92 valence electrons. The Bertz CT molecular complexity index is 412. The van der Waals surface area contributed by atoms with Crippen molar-refractivity contribution >= 4 is 11.7 Å². The Balaban J connectivity index is 2.18. The number of amides is 1. The van der Waals surface area contributed by atoms with Crippen LogP contribution >= 0.6 is 0 Å². The Labute approximate surface area is 98.5 Å². The van der Waals surface area contributed by atoms with Gasteiger partial charge in [0, 0.05) is 18.9 Å². The van der Waals surface area contributed by atoms with Gasteiger partial charge >= 0.3 is 0 Å². The van der Waals surface area contributed by atoms with E-state index in [0.717, 1.165) is 0 Å². The zero-order valence-corrected chi connectivity index (χ0v) is 9.50. The van der Waals surface area contributed by atoms with Crippen LogP contribution in [0.1, 0.15) is 0 Å². The number of nitrogens with zero attached hydrogens (tertiary/aromatic N) is 3. The van der Waals surface area contributed by atoms with Crippen LogP contribution in [0.25, 0.3) is 0 Å². The summed E-state index contributed by atoms with van der Waals surface area (Å²) in [4.78, 5) is 21.2. The van der Waals surface area contributed by atoms with E-state index in [2.05, 4.69) is 9.97 Å². The fraction of sp³-hybridized carbons (Fsp3) is 0.500. The minimum atomic E-state index is -0.615. The zero-order valence-electron chi connectivity index (χ0n) is 9.50. The normalized spacial score (nSPS) is 20.1. The lowest BCUT2D eigenvalue weighted by Crippen LogP contribution is -2.48. The van der Waals surface area contributed by atoms with E-state index in [-0.39, 0.29) is 0 Å². The number of nitrogens with two attached hydrogens (primary N) is 1. The maximum atomic E-state index is 11.1. The average Bonchev–Trinajstić information content (AvgIpc) is 2.39. The molecule has 1 unspecified atom stereocenters. The number of hydrogen-bond acceptors (Lipinski definition) is 6. The molecule has 1 amide bonds. The molecule has 7 nitrogen and oxygen atoms in total. The summed E-state index contributed by atoms with van der Waals surface area (Å²) in [5, 5.41) is 0. The van der Waals surface area contributed by atoms with Crippen molar-refractivity contribution in [1.82, 2.24) is 9.97 Å². The van der Waals surface area contributed by atoms with Gasteiger partial charge in [0.2, 0.25) is 5.91 Å². The summed E-state index contributed by atoms with van der Waals surface area (Å²) in [6, 6.07) is 0. The quantitative estimate of drug-likeness (QED) is 0.739. The lowest BCUT2D eigenvalue weighted by atomic mass is 10.2. The number of aromatic nitrogens is 2. The molecule has 0 aliphatic carbocycles. The second-order valence-electron chi connectivity index (χ2n) is 3.60. The number of morpholine rings is 1. The molecule has 0 aromatic carbocycles. The van der Waals surface area contributed by atoms with Gasteiger partial charge in [-0.15, -0.1) is 0 Å². The minimum Gasteiger partial charge on any atom is -0.478 e. The molecule has 1 fully saturated rings. The molecule has 0 saturated carbocycles. The molecule has 1 saturated heterocycles. The van der Waals surface area contributed by atoms with Gasteiger partial charge in [-0.1, -0.05) is 0 Å². The molecule has 1 aliphatic heterocycles. The van der Waals surface area contributed by atoms with E-state index in [0.29, 0.717) is 31.4 Å². The van der Waals surface area contributed by atoms with Gasteiger partial charge in [0.1, 0.15) is 0 Å². The third kappa shape index (κ3) is 2.44. The van der Waals surface area contributed by atoms with E-state index in [1.807, 2.05) is 4.90 Å². The maximum absolute atomic E-state index is 11.1. The largest absolute Gasteiger partial charge is 0.478 e. The Kier molecular flexibility index (Phi) is 3.38. The lowest BCUT2D eigenvalue weighted by molar-refractivity contribution is -0.130. The summed E-state index contributed by atoms with van der Waals surface area (Å²) in [6.07, 6.45) is 2.51. The van der Waals surface area contributed by atoms with Crippen molar-refractivity contribution in [3.05, 3.63) is 12.4 Å². The highest BCUT2D eigenvalue weighted by atomic mass is 16.5. The zero-order chi connectivity index (χ0) is 12.3. The fourth-order valence-electron chi connectivity index (χ4n) is 1.69. The van der Waals surface area contributed by atoms with Gasteiger partial charge in [-0.2, -0.15) is 0 Å². The molecule has 0 radical (unpaired) electrons. The van der Waals surface area contributed by atoms with E-state index in [1.54, 1.807) is 12.4 Å². The van der Waals surface area contributed by atoms with Gasteiger partial charge in [0.05, 0.1) is 20.3 Å². The molecule has 1 aromatic rings. The van der Waals surface area contributed by atoms with Gasteiger partial charge in [0.25, 0.3) is 5.88 Å². The van der Waals surface area contributed by atoms with Gasteiger partial charge in [-0.05, 0) is 0 Å². The first kappa shape index (κ1) is 11.6. The molecule has 17 heavy (non-hydrogen) atoms. The summed E-state index contributed by atoms with van der Waals surface area (Å²) < 4.78 is 10.4. The Morgan fingerprint density at radius 2 is 2.35 bits per heavy atom. The molecule has 0 spiro atoms. The van der Waals surface area contributed by atoms with Crippen LogP contribution in [0, 0.1) is 0 Å². The Hall–Kier alpha value is -1.89. The van der Waals surface area contributed by atoms with Crippen molar-refractivity contribution in [3.8, 4) is 5.88 Å². The van der Waals surface area contributed by atoms with Crippen molar-refractivity contribution < 1.29 is 14.3 Å². The third-order valence-electron chi connectivity index (χ3n) is 2.52. The standard InChI is InChI=1S/C10H14N4O3/c1-16-10-9(12-2-3-13-10)14-4-5-17-7(6-14)8(11)15/h2-3,7H,4-6H2,1H3,(H2,11,15). The smallest absolute Gasteiger partial charge is 0.257 e. The highest BCUT2D eigenvalue weighted by Crippen LogP contribution is 2.23. The van der Waals surface area contributed by atoms with Crippen molar-refractivity contribution in [3.63, 3.8) is 0 Å². The Morgan fingerprint density at radius 1 is 1.59 bits per heavy atom. The second kappa shape index (κ2) is 4.96. The molecule has 0 bridgehead atoms. The van der Waals surface area contributed by atoms with Crippen LogP contribution in [0.15, 0.2) is 12.4 Å². The average molecular weight is 238 g/mol. The monoisotopic (exact) mass is 238 g/mol. The molecular weight excluding hydrogens is 224 g/mol. The molecule has 1 atom stereocenters. The SMILES string of the molecule is COc1nccnc1N1CCOC(C(N)=O)C1. The molecule has 7 heteroatoms. The van der Waals surface area contributed by atoms with Crippen LogP contribution in [0.5, 0.6) is 5.88 Å². The predicted molar refractivity (Wildman–Crippen MR) is 59.7 cm³/mol. The van der Waals surface area contributed by atoms with Gasteiger partial charge in [0.15, 0.2) is 11.9 Å². The van der Waals surface area contributed by atoms with Crippen LogP contribution in [0.4, 0.5) is 5.82 Å². The summed E-state index contributed by atoms with van der Waals surface area (Å²) in [7, 11) is 1.53. The highest BCUT2D eigenvalue weighted by molar-refractivity contribution is 5.79. The van der Waals surface area contributed by atoms with Crippen molar-refractivity contribution in [2.24, 2.45) is 5.73 Å². The molecule has 1 aliphatic rings. The van der Waals surface area contributed by atoms with E-state index in [1.165, 1.54) is 7.11 Å². The van der Waals surface area contributed by atoms with Crippen molar-refractivity contribution in [1.29, 1.82) is 0 Å². The Morgan fingerprint density at radius 3 is 3.06 bits per heavy atom. The third-order valence-corrected chi connectivity index (χ3v) is 2.52. The maximum Gasteiger partial charge on any atom is 0.257 e. The molecule has 2 N–H and O–H groups in total. The van der Waals surface area contributed by atoms with E-state index >= 15 is 0 Å². The van der Waals surface area contributed by atoms with Gasteiger partial charge in [-0.3, -0.25) is 4.79 Å². The van der Waals surface area contributed by atoms with Crippen LogP contribution in [0.2, 0.25) is 0 Å². The molecule has 2 rings (SSSR count). The van der Waals surface area contributed by atoms with Crippen LogP contribution in [-0.4, -0.2) is 48.8 Å². The highest BCUT2D eigenvalue weighted by Gasteiger charge is 2.27. The number of methoxy groups -OCH3 is 1. The van der Waals surface area contributed by atoms with Gasteiger partial charge in [-0.25, -0.2) is 9.97 Å². The van der Waals surface area contributed by atoms with E-state index < -0.39 is 12.0 Å². The summed E-state index contributed by atoms with van der Waals surface area (Å²) in [6.45, 7) is 1.41. The number of primary amides is 1. The number of ether oxygens (including phenoxy) is 2. The number of anilines is 1. The number of rotatable bonds is 3. The second-order valence-corrected chi connectivity index (χ2v) is 3.60. The van der Waals surface area contributed by atoms with E-state index in [9.17, 15) is 4.79 Å². The number of hydrogen-bond donors (Lipinski definition) is 1. The topological polar surface area (TPSA) is 90.6 Å². The molecule has 1 aromatic heterocycles. The van der Waals surface area contributed by atoms with Crippen LogP contribution < -0.4 is 15.4 Å². The summed E-state index contributed by atoms with van der Waals surface area (Å²) in [5.74, 6) is 0.555. The number of carbonyl (C=O) groups excluding carboxylic acids is 1. The first-order chi connectivity index (χ1) is 8.22. The summed E-state index contributed by atoms with van der Waals surface area (Å²) in [5.41, 5.74) is 5.22. The van der Waals surface area contributed by atoms with Crippen molar-refractivity contribution in [2.45, 2.75) is 6.10 Å². The van der Waals surface area contributed by atoms with Crippen LogP contribution in [-0.2, 0) is 9.53 Å². The van der Waals surface area contributed by atoms with Gasteiger partial charge < -0.3 is 20.1 Å². The molecule has 2 heterocycles. The van der Waals surface area contributed by atoms with E-state index in [4.69, 9.17) is 15.2 Å². The number of carbonyl (C=O) groups is 1. The first-order valence-electron chi connectivity index (χ1n) is 5.23. The summed E-state index contributed by atoms with van der Waals surface area (Å²) >= 11 is 0. The first-order valence-corrected chi connectivity index (χ1v) is 5.23. The lowest BCUT2D eigenvalue weighted by Gasteiger charge is -2.32. The predicted octanol–water partition coefficient (Wildman–Crippen LogP) is -0.824. The van der Waals surface area contributed by atoms with Crippen LogP contribution in [0.3, 0.4) is 0 Å². The van der Waals surface area contributed by atoms with Crippen molar-refractivity contribution in [2.75, 3.05) is 31.7 Å². The molecular formula is C10H14N4O3.